The van der Waals surface area contributed by atoms with Crippen LogP contribution in [-0.4, -0.2) is 122 Å². The molecule has 13 heteroatoms. The number of likely N-dealkylation sites (tertiary alicyclic amines) is 1. The highest BCUT2D eigenvalue weighted by Gasteiger charge is 2.43. The second kappa shape index (κ2) is 21.4. The van der Waals surface area contributed by atoms with Crippen molar-refractivity contribution in [1.29, 1.82) is 0 Å². The molecule has 0 aliphatic carbocycles. The molecule has 4 N–H and O–H groups in total. The number of hydrogen-bond acceptors (Lipinski definition) is 8. The maximum Gasteiger partial charge on any atom is 0.326 e. The maximum atomic E-state index is 14.1. The Morgan fingerprint density at radius 1 is 0.925 bits per heavy atom. The second-order valence-corrected chi connectivity index (χ2v) is 15.4. The van der Waals surface area contributed by atoms with E-state index in [-0.39, 0.29) is 48.3 Å². The highest BCUT2D eigenvalue weighted by Crippen LogP contribution is 2.30. The Balaban J connectivity index is 2.26. The number of likely N-dealkylation sites (N-methyl/N-ethyl adjacent to an activating group) is 2. The molecule has 0 aromatic heterocycles. The molecule has 6 unspecified atom stereocenters. The molecule has 0 bridgehead atoms. The van der Waals surface area contributed by atoms with Crippen LogP contribution < -0.4 is 16.0 Å². The summed E-state index contributed by atoms with van der Waals surface area (Å²) >= 11 is 0. The van der Waals surface area contributed by atoms with Crippen LogP contribution in [0.1, 0.15) is 85.3 Å². The lowest BCUT2D eigenvalue weighted by molar-refractivity contribution is -0.148. The molecule has 9 atom stereocenters. The van der Waals surface area contributed by atoms with Crippen LogP contribution in [-0.2, 0) is 39.9 Å². The summed E-state index contributed by atoms with van der Waals surface area (Å²) in [5.41, 5.74) is 1.84. The second-order valence-electron chi connectivity index (χ2n) is 15.4. The summed E-state index contributed by atoms with van der Waals surface area (Å²) in [4.78, 5) is 70.5. The minimum atomic E-state index is -1.14. The number of aliphatic carboxylic acids is 1. The number of amides is 4. The van der Waals surface area contributed by atoms with Crippen molar-refractivity contribution >= 4 is 29.6 Å². The van der Waals surface area contributed by atoms with E-state index in [2.05, 4.69) is 16.0 Å². The molecule has 1 fully saturated rings. The first-order valence-corrected chi connectivity index (χ1v) is 19.1. The van der Waals surface area contributed by atoms with Gasteiger partial charge in [-0.25, -0.2) is 4.79 Å². The fourth-order valence-electron chi connectivity index (χ4n) is 7.51. The van der Waals surface area contributed by atoms with Crippen molar-refractivity contribution < 1.29 is 38.6 Å². The largest absolute Gasteiger partial charge is 0.480 e. The predicted molar refractivity (Wildman–Crippen MR) is 205 cm³/mol. The molecule has 13 nitrogen and oxygen atoms in total. The van der Waals surface area contributed by atoms with Gasteiger partial charge >= 0.3 is 5.97 Å². The van der Waals surface area contributed by atoms with Gasteiger partial charge in [-0.15, -0.1) is 0 Å². The van der Waals surface area contributed by atoms with Crippen LogP contribution >= 0.6 is 0 Å². The molecule has 0 saturated carbocycles. The molecule has 2 rings (SSSR count). The summed E-state index contributed by atoms with van der Waals surface area (Å²) in [5, 5.41) is 18.6. The van der Waals surface area contributed by atoms with Crippen molar-refractivity contribution in [1.82, 2.24) is 25.8 Å². The first kappa shape index (κ1) is 45.6. The summed E-state index contributed by atoms with van der Waals surface area (Å²) in [6, 6.07) is 4.23. The van der Waals surface area contributed by atoms with Crippen molar-refractivity contribution in [3.05, 3.63) is 35.4 Å². The molecule has 0 radical (unpaired) electrons. The number of carbonyl (C=O) groups is 5. The van der Waals surface area contributed by atoms with Crippen molar-refractivity contribution in [3.63, 3.8) is 0 Å². The van der Waals surface area contributed by atoms with E-state index in [0.717, 1.165) is 17.5 Å². The number of aryl methyl sites for hydroxylation is 1. The molecule has 1 aliphatic heterocycles. The van der Waals surface area contributed by atoms with Crippen LogP contribution in [0.3, 0.4) is 0 Å². The topological polar surface area (TPSA) is 167 Å². The lowest BCUT2D eigenvalue weighted by Gasteiger charge is -2.41. The summed E-state index contributed by atoms with van der Waals surface area (Å²) in [5.74, 6) is -3.27. The Morgan fingerprint density at radius 2 is 1.53 bits per heavy atom. The van der Waals surface area contributed by atoms with Gasteiger partial charge in [0, 0.05) is 34.2 Å². The van der Waals surface area contributed by atoms with Crippen LogP contribution in [0.4, 0.5) is 0 Å². The Bertz CT molecular complexity index is 1350. The number of nitrogens with one attached hydrogen (secondary N) is 3. The molecule has 1 aromatic rings. The molecule has 300 valence electrons. The molecule has 1 aromatic carbocycles. The van der Waals surface area contributed by atoms with E-state index in [4.69, 9.17) is 9.47 Å². The van der Waals surface area contributed by atoms with Gasteiger partial charge in [-0.2, -0.15) is 0 Å². The van der Waals surface area contributed by atoms with Gasteiger partial charge in [0.2, 0.25) is 23.6 Å². The van der Waals surface area contributed by atoms with Crippen LogP contribution in [0.2, 0.25) is 0 Å². The van der Waals surface area contributed by atoms with E-state index in [1.54, 1.807) is 30.8 Å². The zero-order chi connectivity index (χ0) is 40.2. The van der Waals surface area contributed by atoms with E-state index in [9.17, 15) is 29.1 Å². The molecule has 1 heterocycles. The molecular formula is C40H67N5O8. The Hall–Kier alpha value is -3.55. The number of nitrogens with zero attached hydrogens (tertiary/aromatic N) is 2. The average molecular weight is 746 g/mol. The van der Waals surface area contributed by atoms with Crippen LogP contribution in [0.15, 0.2) is 24.3 Å². The van der Waals surface area contributed by atoms with Crippen molar-refractivity contribution in [2.75, 3.05) is 34.9 Å². The van der Waals surface area contributed by atoms with Crippen LogP contribution in [0.5, 0.6) is 0 Å². The molecule has 1 aliphatic rings. The summed E-state index contributed by atoms with van der Waals surface area (Å²) in [6.07, 6.45) is 0.812. The average Bonchev–Trinajstić information content (AvgIpc) is 3.60. The van der Waals surface area contributed by atoms with E-state index in [1.165, 1.54) is 14.2 Å². The number of hydrogen-bond donors (Lipinski definition) is 4. The number of benzene rings is 1. The zero-order valence-electron chi connectivity index (χ0n) is 34.1. The van der Waals surface area contributed by atoms with E-state index >= 15 is 0 Å². The van der Waals surface area contributed by atoms with Gasteiger partial charge in [0.1, 0.15) is 12.1 Å². The van der Waals surface area contributed by atoms with Crippen molar-refractivity contribution in [2.24, 2.45) is 23.7 Å². The third-order valence-electron chi connectivity index (χ3n) is 10.9. The number of carbonyl (C=O) groups excluding carboxylic acids is 4. The maximum absolute atomic E-state index is 14.1. The van der Waals surface area contributed by atoms with E-state index in [0.29, 0.717) is 19.4 Å². The number of carboxylic acid groups (broad SMARTS) is 1. The van der Waals surface area contributed by atoms with E-state index < -0.39 is 60.2 Å². The highest BCUT2D eigenvalue weighted by molar-refractivity contribution is 5.90. The fourth-order valence-corrected chi connectivity index (χ4v) is 7.51. The molecule has 4 amide bonds. The van der Waals surface area contributed by atoms with Gasteiger partial charge in [0.15, 0.2) is 0 Å². The third-order valence-corrected chi connectivity index (χ3v) is 10.9. The summed E-state index contributed by atoms with van der Waals surface area (Å²) < 4.78 is 11.9. The summed E-state index contributed by atoms with van der Waals surface area (Å²) in [7, 11) is 6.46. The van der Waals surface area contributed by atoms with Gasteiger partial charge in [-0.05, 0) is 50.1 Å². The first-order valence-electron chi connectivity index (χ1n) is 19.1. The van der Waals surface area contributed by atoms with Gasteiger partial charge < -0.3 is 40.3 Å². The highest BCUT2D eigenvalue weighted by atomic mass is 16.5. The van der Waals surface area contributed by atoms with Gasteiger partial charge in [-0.1, -0.05) is 84.7 Å². The third kappa shape index (κ3) is 12.2. The monoisotopic (exact) mass is 745 g/mol. The first-order chi connectivity index (χ1) is 24.9. The van der Waals surface area contributed by atoms with Crippen molar-refractivity contribution in [2.45, 2.75) is 130 Å². The molecule has 53 heavy (non-hydrogen) atoms. The SMILES string of the molecule is CC[C@H](C)C(C(CC(=O)N1CCC[C@H]1C(OC)C(C)C(=O)NC(Cc1ccc(C)cc1)C(=O)O)OC)N(C)C(=O)[C@@H](NC(=O)C(NC)C(C)C)C(C)C. The summed E-state index contributed by atoms with van der Waals surface area (Å²) in [6.45, 7) is 15.8. The number of methoxy groups -OCH3 is 2. The quantitative estimate of drug-likeness (QED) is 0.148. The minimum Gasteiger partial charge on any atom is -0.480 e. The number of carboxylic acids is 1. The van der Waals surface area contributed by atoms with Gasteiger partial charge in [0.25, 0.3) is 0 Å². The Morgan fingerprint density at radius 3 is 2.02 bits per heavy atom. The predicted octanol–water partition coefficient (Wildman–Crippen LogP) is 3.41. The Labute approximate surface area is 317 Å². The van der Waals surface area contributed by atoms with Gasteiger partial charge in [-0.3, -0.25) is 19.2 Å². The molecular weight excluding hydrogens is 678 g/mol. The fraction of sp³-hybridized carbons (Fsp3) is 0.725. The lowest BCUT2D eigenvalue weighted by Crippen LogP contribution is -2.59. The van der Waals surface area contributed by atoms with Crippen molar-refractivity contribution in [3.8, 4) is 0 Å². The lowest BCUT2D eigenvalue weighted by atomic mass is 9.89. The smallest absolute Gasteiger partial charge is 0.326 e. The minimum absolute atomic E-state index is 0.0117. The van der Waals surface area contributed by atoms with E-state index in [1.807, 2.05) is 72.7 Å². The molecule has 1 saturated heterocycles. The van der Waals surface area contributed by atoms with Crippen LogP contribution in [0, 0.1) is 30.6 Å². The Kier molecular flexibility index (Phi) is 18.4. The molecule has 0 spiro atoms. The standard InChI is InChI=1S/C40H67N5O8/c1-13-26(7)35(44(10)39(49)34(24(4)5)43-38(48)33(41-9)23(2)3)31(52-11)22-32(46)45-20-14-15-30(45)36(53-12)27(8)37(47)42-29(40(50)51)21-28-18-16-25(6)17-19-28/h16-19,23-24,26-27,29-31,33-36,41H,13-15,20-22H2,1-12H3,(H,42,47)(H,43,48)(H,50,51)/t26-,27?,29?,30-,31?,33?,34-,35?,36?/m0/s1. The zero-order valence-corrected chi connectivity index (χ0v) is 34.1. The normalized spacial score (nSPS) is 19.1. The number of ether oxygens (including phenoxy) is 2. The van der Waals surface area contributed by atoms with Crippen LogP contribution in [0.25, 0.3) is 0 Å². The van der Waals surface area contributed by atoms with Gasteiger partial charge in [0.05, 0.1) is 42.7 Å². The number of rotatable bonds is 21.